The summed E-state index contributed by atoms with van der Waals surface area (Å²) in [5.74, 6) is -0.327. The molecule has 0 aliphatic rings. The third-order valence-electron chi connectivity index (χ3n) is 2.95. The van der Waals surface area contributed by atoms with Crippen LogP contribution < -0.4 is 15.4 Å². The van der Waals surface area contributed by atoms with Crippen LogP contribution in [0.3, 0.4) is 0 Å². The molecule has 0 fully saturated rings. The van der Waals surface area contributed by atoms with Gasteiger partial charge in [-0.15, -0.1) is 12.6 Å². The van der Waals surface area contributed by atoms with Gasteiger partial charge >= 0.3 is 0 Å². The topological polar surface area (TPSA) is 67.4 Å². The summed E-state index contributed by atoms with van der Waals surface area (Å²) >= 11 is 4.22. The third-order valence-corrected chi connectivity index (χ3v) is 3.23. The van der Waals surface area contributed by atoms with Gasteiger partial charge in [0, 0.05) is 18.4 Å². The van der Waals surface area contributed by atoms with E-state index in [-0.39, 0.29) is 5.91 Å². The van der Waals surface area contributed by atoms with E-state index in [9.17, 15) is 9.59 Å². The average molecular weight is 330 g/mol. The summed E-state index contributed by atoms with van der Waals surface area (Å²) in [4.78, 5) is 24.3. The fraction of sp³-hybridized carbons (Fsp3) is 0.176. The van der Waals surface area contributed by atoms with Gasteiger partial charge in [-0.2, -0.15) is 0 Å². The minimum absolute atomic E-state index is 0.353. The number of rotatable bonds is 6. The molecule has 0 bridgehead atoms. The number of hydrogen-bond donors (Lipinski definition) is 3. The minimum atomic E-state index is -1.11. The fourth-order valence-corrected chi connectivity index (χ4v) is 2.12. The Morgan fingerprint density at radius 2 is 1.87 bits per heavy atom. The van der Waals surface area contributed by atoms with Crippen LogP contribution in [0.5, 0.6) is 5.75 Å². The van der Waals surface area contributed by atoms with Gasteiger partial charge in [0.05, 0.1) is 0 Å². The van der Waals surface area contributed by atoms with E-state index in [1.54, 1.807) is 24.3 Å². The number of thiol groups is 1. The normalized spacial score (nSPS) is 11.4. The fourth-order valence-electron chi connectivity index (χ4n) is 1.90. The van der Waals surface area contributed by atoms with Crippen molar-refractivity contribution in [3.8, 4) is 5.75 Å². The highest BCUT2D eigenvalue weighted by molar-refractivity contribution is 7.80. The summed E-state index contributed by atoms with van der Waals surface area (Å²) in [6, 6.07) is 16.4. The lowest BCUT2D eigenvalue weighted by Crippen LogP contribution is -2.49. The molecule has 0 spiro atoms. The van der Waals surface area contributed by atoms with Crippen LogP contribution in [0.25, 0.3) is 0 Å². The molecule has 1 unspecified atom stereocenters. The first-order valence-corrected chi connectivity index (χ1v) is 7.54. The Morgan fingerprint density at radius 1 is 1.13 bits per heavy atom. The summed E-state index contributed by atoms with van der Waals surface area (Å²) < 4.78 is 5.56. The van der Waals surface area contributed by atoms with Crippen molar-refractivity contribution in [3.63, 3.8) is 0 Å². The van der Waals surface area contributed by atoms with Gasteiger partial charge in [-0.3, -0.25) is 9.59 Å². The first-order valence-electron chi connectivity index (χ1n) is 7.09. The average Bonchev–Trinajstić information content (AvgIpc) is 2.52. The molecule has 1 atom stereocenters. The minimum Gasteiger partial charge on any atom is -0.461 e. The first kappa shape index (κ1) is 16.9. The SMILES string of the molecule is CC(=O)NC(Oc1cccc(S)c1)C(=O)NCc1ccccc1. The van der Waals surface area contributed by atoms with E-state index in [1.165, 1.54) is 6.92 Å². The molecule has 0 aliphatic carbocycles. The molecule has 2 rings (SSSR count). The molecule has 2 amide bonds. The van der Waals surface area contributed by atoms with Gasteiger partial charge in [-0.05, 0) is 23.8 Å². The standard InChI is InChI=1S/C17H18N2O3S/c1-12(20)19-17(22-14-8-5-9-15(23)10-14)16(21)18-11-13-6-3-2-4-7-13/h2-10,17,23H,11H2,1H3,(H,18,21)(H,19,20). The highest BCUT2D eigenvalue weighted by Gasteiger charge is 2.21. The Morgan fingerprint density at radius 3 is 2.52 bits per heavy atom. The second-order valence-corrected chi connectivity index (χ2v) is 5.42. The lowest BCUT2D eigenvalue weighted by molar-refractivity contribution is -0.134. The summed E-state index contributed by atoms with van der Waals surface area (Å²) in [5.41, 5.74) is 0.958. The maximum atomic E-state index is 12.3. The number of carbonyl (C=O) groups is 2. The zero-order chi connectivity index (χ0) is 16.7. The number of ether oxygens (including phenoxy) is 1. The zero-order valence-electron chi connectivity index (χ0n) is 12.7. The second kappa shape index (κ2) is 8.24. The van der Waals surface area contributed by atoms with Crippen LogP contribution in [-0.4, -0.2) is 18.0 Å². The molecule has 2 N–H and O–H groups in total. The van der Waals surface area contributed by atoms with Gasteiger partial charge in [0.2, 0.25) is 5.91 Å². The molecule has 23 heavy (non-hydrogen) atoms. The van der Waals surface area contributed by atoms with Crippen LogP contribution in [0.1, 0.15) is 12.5 Å². The molecule has 0 aliphatic heterocycles. The number of nitrogens with one attached hydrogen (secondary N) is 2. The Balaban J connectivity index is 2.01. The van der Waals surface area contributed by atoms with Crippen molar-refractivity contribution >= 4 is 24.4 Å². The molecular weight excluding hydrogens is 312 g/mol. The third kappa shape index (κ3) is 5.67. The van der Waals surface area contributed by atoms with E-state index >= 15 is 0 Å². The first-order chi connectivity index (χ1) is 11.0. The van der Waals surface area contributed by atoms with E-state index in [4.69, 9.17) is 4.74 Å². The molecule has 0 aromatic heterocycles. The predicted octanol–water partition coefficient (Wildman–Crippen LogP) is 2.13. The van der Waals surface area contributed by atoms with Gasteiger partial charge in [0.1, 0.15) is 5.75 Å². The van der Waals surface area contributed by atoms with Crippen molar-refractivity contribution in [2.75, 3.05) is 0 Å². The van der Waals surface area contributed by atoms with E-state index in [0.29, 0.717) is 17.2 Å². The molecule has 6 heteroatoms. The van der Waals surface area contributed by atoms with Gasteiger partial charge in [-0.25, -0.2) is 0 Å². The van der Waals surface area contributed by atoms with Gasteiger partial charge in [0.15, 0.2) is 0 Å². The van der Waals surface area contributed by atoms with Crippen molar-refractivity contribution in [1.82, 2.24) is 10.6 Å². The molecule has 2 aromatic carbocycles. The molecular formula is C17H18N2O3S. The highest BCUT2D eigenvalue weighted by Crippen LogP contribution is 2.16. The van der Waals surface area contributed by atoms with E-state index < -0.39 is 12.1 Å². The Kier molecular flexibility index (Phi) is 6.05. The molecule has 2 aromatic rings. The second-order valence-electron chi connectivity index (χ2n) is 4.90. The van der Waals surface area contributed by atoms with Crippen LogP contribution in [-0.2, 0) is 16.1 Å². The Bertz CT molecular complexity index is 677. The van der Waals surface area contributed by atoms with Crippen molar-refractivity contribution in [2.24, 2.45) is 0 Å². The Labute approximate surface area is 140 Å². The molecule has 0 saturated heterocycles. The van der Waals surface area contributed by atoms with Crippen LogP contribution in [0.15, 0.2) is 59.5 Å². The quantitative estimate of drug-likeness (QED) is 0.561. The van der Waals surface area contributed by atoms with Gasteiger partial charge in [0.25, 0.3) is 12.1 Å². The van der Waals surface area contributed by atoms with Crippen LogP contribution in [0, 0.1) is 0 Å². The largest absolute Gasteiger partial charge is 0.461 e. The monoisotopic (exact) mass is 330 g/mol. The van der Waals surface area contributed by atoms with Crippen molar-refractivity contribution in [1.29, 1.82) is 0 Å². The smallest absolute Gasteiger partial charge is 0.282 e. The predicted molar refractivity (Wildman–Crippen MR) is 90.2 cm³/mol. The van der Waals surface area contributed by atoms with E-state index in [1.807, 2.05) is 30.3 Å². The maximum absolute atomic E-state index is 12.3. The summed E-state index contributed by atoms with van der Waals surface area (Å²) in [7, 11) is 0. The summed E-state index contributed by atoms with van der Waals surface area (Å²) in [6.45, 7) is 1.68. The lowest BCUT2D eigenvalue weighted by atomic mass is 10.2. The summed E-state index contributed by atoms with van der Waals surface area (Å²) in [5, 5.41) is 5.23. The maximum Gasteiger partial charge on any atom is 0.282 e. The number of benzene rings is 2. The number of hydrogen-bond acceptors (Lipinski definition) is 4. The molecule has 5 nitrogen and oxygen atoms in total. The van der Waals surface area contributed by atoms with Gasteiger partial charge < -0.3 is 15.4 Å². The number of carbonyl (C=O) groups excluding carboxylic acids is 2. The van der Waals surface area contributed by atoms with E-state index in [0.717, 1.165) is 5.56 Å². The molecule has 120 valence electrons. The number of amides is 2. The van der Waals surface area contributed by atoms with Gasteiger partial charge in [-0.1, -0.05) is 36.4 Å². The lowest BCUT2D eigenvalue weighted by Gasteiger charge is -2.19. The van der Waals surface area contributed by atoms with Crippen molar-refractivity contribution < 1.29 is 14.3 Å². The van der Waals surface area contributed by atoms with Crippen LogP contribution in [0.4, 0.5) is 0 Å². The zero-order valence-corrected chi connectivity index (χ0v) is 13.5. The molecule has 0 radical (unpaired) electrons. The molecule has 0 saturated carbocycles. The van der Waals surface area contributed by atoms with Crippen molar-refractivity contribution in [3.05, 3.63) is 60.2 Å². The van der Waals surface area contributed by atoms with E-state index in [2.05, 4.69) is 23.3 Å². The van der Waals surface area contributed by atoms with Crippen LogP contribution in [0.2, 0.25) is 0 Å². The Hall–Kier alpha value is -2.47. The van der Waals surface area contributed by atoms with Crippen molar-refractivity contribution in [2.45, 2.75) is 24.6 Å². The van der Waals surface area contributed by atoms with Crippen LogP contribution >= 0.6 is 12.6 Å². The summed E-state index contributed by atoms with van der Waals surface area (Å²) in [6.07, 6.45) is -1.11. The highest BCUT2D eigenvalue weighted by atomic mass is 32.1. The molecule has 0 heterocycles.